The molecule has 0 radical (unpaired) electrons. The van der Waals surface area contributed by atoms with Crippen LogP contribution in [0, 0.1) is 25.2 Å². The van der Waals surface area contributed by atoms with Crippen molar-refractivity contribution in [3.05, 3.63) is 23.3 Å². The number of rotatable bonds is 4. The van der Waals surface area contributed by atoms with Gasteiger partial charge in [0.2, 0.25) is 0 Å². The summed E-state index contributed by atoms with van der Waals surface area (Å²) in [6.45, 7) is 9.41. The summed E-state index contributed by atoms with van der Waals surface area (Å²) >= 11 is 0. The van der Waals surface area contributed by atoms with Crippen molar-refractivity contribution in [2.75, 3.05) is 0 Å². The maximum absolute atomic E-state index is 11.6. The number of aromatic nitrogens is 4. The van der Waals surface area contributed by atoms with Crippen LogP contribution in [0.15, 0.2) is 6.07 Å². The molecule has 0 saturated carbocycles. The monoisotopic (exact) mass is 276 g/mol. The number of fused-ring (bicyclic) bond motifs is 1. The Kier molecular flexibility index (Phi) is 3.50. The molecule has 0 aromatic carbocycles. The molecule has 1 N–H and O–H groups in total. The van der Waals surface area contributed by atoms with E-state index in [4.69, 9.17) is 0 Å². The van der Waals surface area contributed by atoms with Crippen LogP contribution in [0.5, 0.6) is 0 Å². The molecule has 2 heterocycles. The number of carboxylic acids is 1. The summed E-state index contributed by atoms with van der Waals surface area (Å²) in [5.41, 5.74) is 0.961. The first-order valence-electron chi connectivity index (χ1n) is 6.67. The Morgan fingerprint density at radius 3 is 2.60 bits per heavy atom. The Morgan fingerprint density at radius 1 is 1.40 bits per heavy atom. The molecular formula is C14H20N4O2. The van der Waals surface area contributed by atoms with Gasteiger partial charge in [-0.3, -0.25) is 9.20 Å². The zero-order chi connectivity index (χ0) is 15.1. The van der Waals surface area contributed by atoms with Crippen molar-refractivity contribution < 1.29 is 9.90 Å². The number of aryl methyl sites for hydroxylation is 2. The number of carbonyl (C=O) groups is 1. The molecule has 0 amide bonds. The van der Waals surface area contributed by atoms with E-state index in [9.17, 15) is 9.90 Å². The molecule has 0 aliphatic rings. The van der Waals surface area contributed by atoms with Gasteiger partial charge in [0.05, 0.1) is 5.41 Å². The smallest absolute Gasteiger partial charge is 0.310 e. The van der Waals surface area contributed by atoms with E-state index in [0.717, 1.165) is 11.4 Å². The first kappa shape index (κ1) is 14.4. The van der Waals surface area contributed by atoms with Gasteiger partial charge in [-0.1, -0.05) is 13.8 Å². The molecule has 0 bridgehead atoms. The third-order valence-electron chi connectivity index (χ3n) is 4.05. The fourth-order valence-electron chi connectivity index (χ4n) is 2.27. The molecule has 2 aromatic rings. The maximum atomic E-state index is 11.6. The van der Waals surface area contributed by atoms with Gasteiger partial charge in [0.15, 0.2) is 0 Å². The van der Waals surface area contributed by atoms with E-state index in [2.05, 4.69) is 15.2 Å². The third-order valence-corrected chi connectivity index (χ3v) is 4.05. The van der Waals surface area contributed by atoms with E-state index in [0.29, 0.717) is 18.0 Å². The molecule has 20 heavy (non-hydrogen) atoms. The van der Waals surface area contributed by atoms with Gasteiger partial charge in [-0.2, -0.15) is 0 Å². The predicted octanol–water partition coefficient (Wildman–Crippen LogP) is 2.03. The van der Waals surface area contributed by atoms with E-state index < -0.39 is 11.4 Å². The van der Waals surface area contributed by atoms with Gasteiger partial charge in [-0.15, -0.1) is 10.2 Å². The topological polar surface area (TPSA) is 80.4 Å². The molecule has 6 nitrogen and oxygen atoms in total. The minimum atomic E-state index is -0.875. The summed E-state index contributed by atoms with van der Waals surface area (Å²) in [5.74, 6) is 0.339. The second-order valence-corrected chi connectivity index (χ2v) is 5.84. The second-order valence-electron chi connectivity index (χ2n) is 5.84. The summed E-state index contributed by atoms with van der Waals surface area (Å²) in [6.07, 6.45) is 0.326. The lowest BCUT2D eigenvalue weighted by molar-refractivity contribution is -0.150. The lowest BCUT2D eigenvalue weighted by Crippen LogP contribution is -2.36. The molecule has 1 atom stereocenters. The number of hydrogen-bond acceptors (Lipinski definition) is 4. The highest BCUT2D eigenvalue weighted by Crippen LogP contribution is 2.31. The normalized spacial score (nSPS) is 14.7. The van der Waals surface area contributed by atoms with Crippen LogP contribution in [0.3, 0.4) is 0 Å². The number of hydrogen-bond donors (Lipinski definition) is 1. The second kappa shape index (κ2) is 4.85. The van der Waals surface area contributed by atoms with Crippen molar-refractivity contribution in [1.29, 1.82) is 0 Å². The molecule has 0 fully saturated rings. The fourth-order valence-corrected chi connectivity index (χ4v) is 2.27. The lowest BCUT2D eigenvalue weighted by Gasteiger charge is -2.28. The van der Waals surface area contributed by atoms with E-state index >= 15 is 0 Å². The highest BCUT2D eigenvalue weighted by Gasteiger charge is 2.38. The highest BCUT2D eigenvalue weighted by molar-refractivity contribution is 5.74. The molecule has 6 heteroatoms. The molecule has 0 saturated heterocycles. The standard InChI is InChI=1S/C14H20N4O2/c1-8(2)14(5,12(19)20)7-11-16-17-13-15-9(3)6-10(4)18(11)13/h6,8H,7H2,1-5H3,(H,19,20). The first-order chi connectivity index (χ1) is 9.25. The SMILES string of the molecule is Cc1cc(C)n2c(CC(C)(C(=O)O)C(C)C)nnc2n1. The van der Waals surface area contributed by atoms with E-state index in [-0.39, 0.29) is 5.92 Å². The zero-order valence-corrected chi connectivity index (χ0v) is 12.5. The zero-order valence-electron chi connectivity index (χ0n) is 12.5. The molecule has 2 aromatic heterocycles. The maximum Gasteiger partial charge on any atom is 0.310 e. The van der Waals surface area contributed by atoms with E-state index in [1.54, 1.807) is 6.92 Å². The minimum absolute atomic E-state index is 0.00827. The third kappa shape index (κ3) is 2.26. The molecule has 2 rings (SSSR count). The number of aliphatic carboxylic acids is 1. The van der Waals surface area contributed by atoms with Crippen molar-refractivity contribution in [3.63, 3.8) is 0 Å². The van der Waals surface area contributed by atoms with Crippen LogP contribution in [0.2, 0.25) is 0 Å². The predicted molar refractivity (Wildman–Crippen MR) is 74.5 cm³/mol. The van der Waals surface area contributed by atoms with Crippen LogP contribution in [0.1, 0.15) is 38.0 Å². The highest BCUT2D eigenvalue weighted by atomic mass is 16.4. The van der Waals surface area contributed by atoms with Gasteiger partial charge < -0.3 is 5.11 Å². The average molecular weight is 276 g/mol. The van der Waals surface area contributed by atoms with Crippen LogP contribution >= 0.6 is 0 Å². The first-order valence-corrected chi connectivity index (χ1v) is 6.67. The molecule has 0 spiro atoms. The summed E-state index contributed by atoms with van der Waals surface area (Å²) in [4.78, 5) is 15.9. The Balaban J connectivity index is 2.52. The quantitative estimate of drug-likeness (QED) is 0.924. The molecule has 1 unspecified atom stereocenters. The van der Waals surface area contributed by atoms with Crippen LogP contribution in [-0.2, 0) is 11.2 Å². The summed E-state index contributed by atoms with van der Waals surface area (Å²) < 4.78 is 1.83. The summed E-state index contributed by atoms with van der Waals surface area (Å²) in [7, 11) is 0. The van der Waals surface area contributed by atoms with Gasteiger partial charge >= 0.3 is 5.97 Å². The van der Waals surface area contributed by atoms with Crippen LogP contribution in [0.25, 0.3) is 5.78 Å². The van der Waals surface area contributed by atoms with Gasteiger partial charge in [0, 0.05) is 17.8 Å². The van der Waals surface area contributed by atoms with Crippen molar-refractivity contribution in [3.8, 4) is 0 Å². The Morgan fingerprint density at radius 2 is 2.05 bits per heavy atom. The summed E-state index contributed by atoms with van der Waals surface area (Å²) in [5, 5.41) is 17.7. The molecular weight excluding hydrogens is 256 g/mol. The minimum Gasteiger partial charge on any atom is -0.481 e. The van der Waals surface area contributed by atoms with E-state index in [1.165, 1.54) is 0 Å². The van der Waals surface area contributed by atoms with Crippen LogP contribution in [-0.4, -0.2) is 30.7 Å². The van der Waals surface area contributed by atoms with Crippen molar-refractivity contribution in [2.45, 2.75) is 41.0 Å². The van der Waals surface area contributed by atoms with E-state index in [1.807, 2.05) is 38.2 Å². The van der Waals surface area contributed by atoms with Gasteiger partial charge in [-0.05, 0) is 32.8 Å². The number of carboxylic acid groups (broad SMARTS) is 1. The fraction of sp³-hybridized carbons (Fsp3) is 0.571. The van der Waals surface area contributed by atoms with Crippen LogP contribution in [0.4, 0.5) is 0 Å². The molecule has 108 valence electrons. The van der Waals surface area contributed by atoms with Crippen molar-refractivity contribution in [2.24, 2.45) is 11.3 Å². The number of nitrogens with zero attached hydrogens (tertiary/aromatic N) is 4. The van der Waals surface area contributed by atoms with Crippen molar-refractivity contribution in [1.82, 2.24) is 19.6 Å². The Bertz CT molecular complexity index is 662. The van der Waals surface area contributed by atoms with Gasteiger partial charge in [0.25, 0.3) is 5.78 Å². The van der Waals surface area contributed by atoms with Crippen molar-refractivity contribution >= 4 is 11.7 Å². The Labute approximate surface area is 117 Å². The largest absolute Gasteiger partial charge is 0.481 e. The average Bonchev–Trinajstić information content (AvgIpc) is 2.71. The van der Waals surface area contributed by atoms with Gasteiger partial charge in [-0.25, -0.2) is 4.98 Å². The van der Waals surface area contributed by atoms with Gasteiger partial charge in [0.1, 0.15) is 5.82 Å². The Hall–Kier alpha value is -1.98. The molecule has 0 aliphatic carbocycles. The molecule has 0 aliphatic heterocycles. The summed E-state index contributed by atoms with van der Waals surface area (Å²) in [6, 6.07) is 1.94. The lowest BCUT2D eigenvalue weighted by atomic mass is 9.76. The van der Waals surface area contributed by atoms with Crippen LogP contribution < -0.4 is 0 Å².